The van der Waals surface area contributed by atoms with Gasteiger partial charge in [-0.25, -0.2) is 0 Å². The molecule has 0 saturated carbocycles. The summed E-state index contributed by atoms with van der Waals surface area (Å²) in [4.78, 5) is 8.77. The van der Waals surface area contributed by atoms with Crippen LogP contribution in [0.1, 0.15) is 18.4 Å². The minimum atomic E-state index is -0.348. The van der Waals surface area contributed by atoms with Crippen molar-refractivity contribution in [3.05, 3.63) is 29.6 Å². The number of hydrogen-bond acceptors (Lipinski definition) is 7. The summed E-state index contributed by atoms with van der Waals surface area (Å²) in [6, 6.07) is 3.93. The van der Waals surface area contributed by atoms with Crippen LogP contribution >= 0.6 is 11.3 Å². The molecular weight excluding hydrogens is 276 g/mol. The van der Waals surface area contributed by atoms with Crippen LogP contribution in [0.25, 0.3) is 21.6 Å². The van der Waals surface area contributed by atoms with Crippen LogP contribution in [-0.2, 0) is 0 Å². The van der Waals surface area contributed by atoms with Crippen LogP contribution in [0, 0.1) is 0 Å². The Morgan fingerprint density at radius 2 is 2.40 bits per heavy atom. The standard InChI is InChI=1S/C13H12N4O2S/c18-8-4-10(15-6-8)13-16-12(17-19-13)7-3-11-9(14-5-7)1-2-20-11/h1-3,5,8,10,15,18H,4,6H2/t8-,10+/m0/s1. The number of aliphatic hydroxyl groups is 1. The van der Waals surface area contributed by atoms with E-state index < -0.39 is 0 Å². The van der Waals surface area contributed by atoms with Gasteiger partial charge >= 0.3 is 0 Å². The number of hydrogen-bond donors (Lipinski definition) is 2. The Hall–Kier alpha value is -1.83. The van der Waals surface area contributed by atoms with E-state index in [0.29, 0.717) is 24.7 Å². The lowest BCUT2D eigenvalue weighted by molar-refractivity contribution is 0.191. The van der Waals surface area contributed by atoms with Crippen LogP contribution in [0.3, 0.4) is 0 Å². The van der Waals surface area contributed by atoms with Gasteiger partial charge in [0.25, 0.3) is 0 Å². The van der Waals surface area contributed by atoms with Crippen molar-refractivity contribution in [2.45, 2.75) is 18.6 Å². The van der Waals surface area contributed by atoms with Crippen molar-refractivity contribution in [3.8, 4) is 11.4 Å². The van der Waals surface area contributed by atoms with Gasteiger partial charge in [0.1, 0.15) is 0 Å². The molecule has 0 bridgehead atoms. The largest absolute Gasteiger partial charge is 0.392 e. The highest BCUT2D eigenvalue weighted by Gasteiger charge is 2.28. The fraction of sp³-hybridized carbons (Fsp3) is 0.308. The van der Waals surface area contributed by atoms with E-state index >= 15 is 0 Å². The first kappa shape index (κ1) is 12.0. The SMILES string of the molecule is O[C@@H]1CN[C@@H](c2nc(-c3cnc4ccsc4c3)no2)C1. The molecule has 4 heterocycles. The molecule has 0 amide bonds. The van der Waals surface area contributed by atoms with E-state index in [2.05, 4.69) is 20.4 Å². The third-order valence-electron chi connectivity index (χ3n) is 3.41. The number of thiophene rings is 1. The number of fused-ring (bicyclic) bond motifs is 1. The molecule has 3 aromatic rings. The Morgan fingerprint density at radius 1 is 1.45 bits per heavy atom. The van der Waals surface area contributed by atoms with E-state index in [1.807, 2.05) is 17.5 Å². The molecule has 7 heteroatoms. The summed E-state index contributed by atoms with van der Waals surface area (Å²) in [5.41, 5.74) is 1.82. The number of rotatable bonds is 2. The molecule has 20 heavy (non-hydrogen) atoms. The number of β-amino-alcohol motifs (C(OH)–C–C–N with tert-alkyl or cyclic N) is 1. The monoisotopic (exact) mass is 288 g/mol. The first-order valence-electron chi connectivity index (χ1n) is 6.38. The van der Waals surface area contributed by atoms with Gasteiger partial charge in [-0.05, 0) is 23.9 Å². The molecule has 1 aliphatic heterocycles. The van der Waals surface area contributed by atoms with E-state index in [9.17, 15) is 5.11 Å². The Balaban J connectivity index is 1.66. The highest BCUT2D eigenvalue weighted by atomic mass is 32.1. The lowest BCUT2D eigenvalue weighted by Gasteiger charge is -2.01. The first-order chi connectivity index (χ1) is 9.79. The van der Waals surface area contributed by atoms with E-state index in [-0.39, 0.29) is 12.1 Å². The van der Waals surface area contributed by atoms with Crippen LogP contribution in [0.2, 0.25) is 0 Å². The summed E-state index contributed by atoms with van der Waals surface area (Å²) in [5.74, 6) is 1.05. The molecule has 102 valence electrons. The van der Waals surface area contributed by atoms with Crippen molar-refractivity contribution < 1.29 is 9.63 Å². The highest BCUT2D eigenvalue weighted by molar-refractivity contribution is 7.17. The van der Waals surface area contributed by atoms with Gasteiger partial charge in [0, 0.05) is 18.3 Å². The van der Waals surface area contributed by atoms with Crippen LogP contribution < -0.4 is 5.32 Å². The van der Waals surface area contributed by atoms with Gasteiger partial charge in [0.05, 0.1) is 22.4 Å². The van der Waals surface area contributed by atoms with Crippen molar-refractivity contribution in [3.63, 3.8) is 0 Å². The zero-order chi connectivity index (χ0) is 13.5. The van der Waals surface area contributed by atoms with Gasteiger partial charge in [-0.2, -0.15) is 4.98 Å². The Bertz CT molecular complexity index is 754. The second-order valence-electron chi connectivity index (χ2n) is 4.83. The molecule has 1 saturated heterocycles. The molecule has 2 N–H and O–H groups in total. The first-order valence-corrected chi connectivity index (χ1v) is 7.26. The lowest BCUT2D eigenvalue weighted by Crippen LogP contribution is -2.15. The molecule has 0 spiro atoms. The second-order valence-corrected chi connectivity index (χ2v) is 5.78. The number of pyridine rings is 1. The minimum Gasteiger partial charge on any atom is -0.392 e. The average molecular weight is 288 g/mol. The van der Waals surface area contributed by atoms with E-state index in [0.717, 1.165) is 15.8 Å². The Morgan fingerprint density at radius 3 is 3.25 bits per heavy atom. The number of nitrogens with zero attached hydrogens (tertiary/aromatic N) is 3. The summed E-state index contributed by atoms with van der Waals surface area (Å²) in [5, 5.41) is 18.7. The normalized spacial score (nSPS) is 22.6. The summed E-state index contributed by atoms with van der Waals surface area (Å²) >= 11 is 1.63. The van der Waals surface area contributed by atoms with Gasteiger partial charge < -0.3 is 14.9 Å². The molecule has 0 radical (unpaired) electrons. The van der Waals surface area contributed by atoms with Crippen molar-refractivity contribution >= 4 is 21.6 Å². The molecule has 4 rings (SSSR count). The van der Waals surface area contributed by atoms with E-state index in [1.54, 1.807) is 17.5 Å². The second kappa shape index (κ2) is 4.62. The van der Waals surface area contributed by atoms with Crippen LogP contribution in [0.4, 0.5) is 0 Å². The smallest absolute Gasteiger partial charge is 0.244 e. The van der Waals surface area contributed by atoms with E-state index in [1.165, 1.54) is 0 Å². The maximum atomic E-state index is 9.52. The average Bonchev–Trinajstić information content (AvgIpc) is 3.17. The summed E-state index contributed by atoms with van der Waals surface area (Å²) in [6.07, 6.45) is 2.00. The van der Waals surface area contributed by atoms with E-state index in [4.69, 9.17) is 4.52 Å². The molecular formula is C13H12N4O2S. The van der Waals surface area contributed by atoms with Gasteiger partial charge in [0.15, 0.2) is 0 Å². The number of nitrogens with one attached hydrogen (secondary N) is 1. The minimum absolute atomic E-state index is 0.0651. The van der Waals surface area contributed by atoms with Crippen molar-refractivity contribution in [2.24, 2.45) is 0 Å². The molecule has 0 unspecified atom stereocenters. The molecule has 0 aliphatic carbocycles. The lowest BCUT2D eigenvalue weighted by atomic mass is 10.2. The van der Waals surface area contributed by atoms with Crippen molar-refractivity contribution in [1.29, 1.82) is 0 Å². The summed E-state index contributed by atoms with van der Waals surface area (Å²) in [7, 11) is 0. The number of aliphatic hydroxyl groups excluding tert-OH is 1. The highest BCUT2D eigenvalue weighted by Crippen LogP contribution is 2.27. The zero-order valence-electron chi connectivity index (χ0n) is 10.5. The summed E-state index contributed by atoms with van der Waals surface area (Å²) < 4.78 is 6.39. The summed E-state index contributed by atoms with van der Waals surface area (Å²) in [6.45, 7) is 0.561. The molecule has 1 fully saturated rings. The van der Waals surface area contributed by atoms with Crippen LogP contribution in [0.5, 0.6) is 0 Å². The fourth-order valence-electron chi connectivity index (χ4n) is 2.37. The topological polar surface area (TPSA) is 84.1 Å². The molecule has 2 atom stereocenters. The van der Waals surface area contributed by atoms with Gasteiger partial charge in [0.2, 0.25) is 11.7 Å². The Labute approximate surface area is 118 Å². The fourth-order valence-corrected chi connectivity index (χ4v) is 3.15. The number of aromatic nitrogens is 3. The van der Waals surface area contributed by atoms with Crippen molar-refractivity contribution in [2.75, 3.05) is 6.54 Å². The quantitative estimate of drug-likeness (QED) is 0.747. The maximum absolute atomic E-state index is 9.52. The van der Waals surface area contributed by atoms with Crippen LogP contribution in [-0.4, -0.2) is 32.9 Å². The maximum Gasteiger partial charge on any atom is 0.244 e. The molecule has 6 nitrogen and oxygen atoms in total. The third-order valence-corrected chi connectivity index (χ3v) is 4.26. The van der Waals surface area contributed by atoms with Gasteiger partial charge in [-0.1, -0.05) is 5.16 Å². The Kier molecular flexibility index (Phi) is 2.76. The molecule has 1 aliphatic rings. The zero-order valence-corrected chi connectivity index (χ0v) is 11.3. The van der Waals surface area contributed by atoms with Gasteiger partial charge in [-0.15, -0.1) is 11.3 Å². The molecule has 0 aromatic carbocycles. The third kappa shape index (κ3) is 2.00. The van der Waals surface area contributed by atoms with Crippen molar-refractivity contribution in [1.82, 2.24) is 20.4 Å². The predicted octanol–water partition coefficient (Wildman–Crippen LogP) is 1.74. The molecule has 3 aromatic heterocycles. The van der Waals surface area contributed by atoms with Crippen LogP contribution in [0.15, 0.2) is 28.2 Å². The van der Waals surface area contributed by atoms with Gasteiger partial charge in [-0.3, -0.25) is 4.98 Å². The predicted molar refractivity (Wildman–Crippen MR) is 74.3 cm³/mol.